The summed E-state index contributed by atoms with van der Waals surface area (Å²) in [4.78, 5) is 149. The van der Waals surface area contributed by atoms with Crippen LogP contribution in [0.1, 0.15) is 135 Å². The van der Waals surface area contributed by atoms with Gasteiger partial charge in [0.1, 0.15) is 54.1 Å². The van der Waals surface area contributed by atoms with Gasteiger partial charge in [0.15, 0.2) is 11.9 Å². The molecule has 27 heteroatoms. The Balaban J connectivity index is 1.14. The standard InChI is InChI=1S/C62H94N16O11/c1-5-42(59(88)78-24-12-17-48(78)57(86)74-44(16-11-23-70-61(67)68)53(82)73-43(52(64)81)15-10-22-69-60(65)66)72-55(84)47(30-49(63)79)76-58(87)51(35(3)4)77-56(85)46(28-36-13-8-7-9-14-36)75-54(83)45(29-37-18-20-41(21-19-37)89-6-2)71-50(80)34-62-31-38-25-39(32-62)27-40(26-38)33-62/h7-9,13-14,18-21,35,38-40,42-48,51H,5-6,10-12,15-17,22-34H2,1-4H3,(H2,63,79)(H2,64,81)(H,71,80)(H,72,84)(H,73,82)(H,74,86)(H,75,83)(H,76,87)(H,77,85)(H4,65,66,69)(H4,67,68,70). The minimum absolute atomic E-state index is 0.00780. The van der Waals surface area contributed by atoms with Gasteiger partial charge in [-0.3, -0.25) is 57.9 Å². The van der Waals surface area contributed by atoms with Gasteiger partial charge >= 0.3 is 0 Å². The van der Waals surface area contributed by atoms with Crippen LogP contribution < -0.4 is 76.4 Å². The molecule has 0 aromatic heterocycles. The van der Waals surface area contributed by atoms with Gasteiger partial charge in [0.05, 0.1) is 13.0 Å². The van der Waals surface area contributed by atoms with Gasteiger partial charge in [0.2, 0.25) is 59.1 Å². The fraction of sp³-hybridized carbons (Fsp3) is 0.613. The number of nitrogens with zero attached hydrogens (tertiary/aromatic N) is 3. The summed E-state index contributed by atoms with van der Waals surface area (Å²) in [5, 5.41) is 19.2. The molecule has 2 aromatic rings. The van der Waals surface area contributed by atoms with Crippen LogP contribution in [-0.2, 0) is 60.8 Å². The number of rotatable bonds is 35. The highest BCUT2D eigenvalue weighted by Gasteiger charge is 2.52. The molecule has 4 saturated carbocycles. The van der Waals surface area contributed by atoms with Gasteiger partial charge in [-0.1, -0.05) is 63.2 Å². The summed E-state index contributed by atoms with van der Waals surface area (Å²) in [6.07, 6.45) is 7.41. The van der Waals surface area contributed by atoms with E-state index in [2.05, 4.69) is 47.2 Å². The number of benzene rings is 2. The Morgan fingerprint density at radius 1 is 0.596 bits per heavy atom. The van der Waals surface area contributed by atoms with Crippen molar-refractivity contribution in [2.75, 3.05) is 26.2 Å². The van der Waals surface area contributed by atoms with Crippen LogP contribution in [0.4, 0.5) is 0 Å². The van der Waals surface area contributed by atoms with Crippen molar-refractivity contribution in [1.29, 1.82) is 0 Å². The lowest BCUT2D eigenvalue weighted by atomic mass is 9.49. The van der Waals surface area contributed by atoms with E-state index < -0.39 is 114 Å². The average molecular weight is 1240 g/mol. The molecule has 10 amide bonds. The second-order valence-electron chi connectivity index (χ2n) is 24.8. The third kappa shape index (κ3) is 21.1. The van der Waals surface area contributed by atoms with E-state index in [0.29, 0.717) is 48.5 Å². The fourth-order valence-corrected chi connectivity index (χ4v) is 13.4. The van der Waals surface area contributed by atoms with Gasteiger partial charge in [-0.25, -0.2) is 0 Å². The number of carbonyl (C=O) groups excluding carboxylic acids is 10. The van der Waals surface area contributed by atoms with Crippen molar-refractivity contribution in [2.24, 2.45) is 73.5 Å². The molecule has 19 N–H and O–H groups in total. The second-order valence-corrected chi connectivity index (χ2v) is 24.8. The van der Waals surface area contributed by atoms with E-state index in [0.717, 1.165) is 24.8 Å². The molecule has 8 atom stereocenters. The van der Waals surface area contributed by atoms with Gasteiger partial charge < -0.3 is 81.3 Å². The first-order chi connectivity index (χ1) is 42.4. The molecule has 4 bridgehead atoms. The molecule has 1 saturated heterocycles. The lowest BCUT2D eigenvalue weighted by Crippen LogP contribution is -2.61. The van der Waals surface area contributed by atoms with Gasteiger partial charge in [-0.2, -0.15) is 0 Å². The number of nitrogens with two attached hydrogens (primary N) is 6. The number of primary amides is 2. The van der Waals surface area contributed by atoms with E-state index in [9.17, 15) is 47.9 Å². The van der Waals surface area contributed by atoms with Gasteiger partial charge in [-0.05, 0) is 143 Å². The topological polar surface area (TPSA) is 448 Å². The average Bonchev–Trinajstić information content (AvgIpc) is 1.45. The fourth-order valence-electron chi connectivity index (χ4n) is 13.4. The van der Waals surface area contributed by atoms with Crippen molar-refractivity contribution in [3.63, 3.8) is 0 Å². The third-order valence-corrected chi connectivity index (χ3v) is 17.3. The molecule has 4 aliphatic carbocycles. The van der Waals surface area contributed by atoms with E-state index in [1.165, 1.54) is 24.2 Å². The van der Waals surface area contributed by atoms with Crippen molar-refractivity contribution >= 4 is 71.0 Å². The summed E-state index contributed by atoms with van der Waals surface area (Å²) in [5.41, 5.74) is 34.3. The quantitative estimate of drug-likeness (QED) is 0.0233. The first-order valence-corrected chi connectivity index (χ1v) is 31.2. The minimum Gasteiger partial charge on any atom is -0.494 e. The van der Waals surface area contributed by atoms with Crippen LogP contribution in [0.15, 0.2) is 64.6 Å². The molecular formula is C62H94N16O11. The van der Waals surface area contributed by atoms with E-state index in [1.54, 1.807) is 63.2 Å². The zero-order valence-corrected chi connectivity index (χ0v) is 51.8. The molecule has 5 fully saturated rings. The molecule has 0 spiro atoms. The molecule has 1 aliphatic heterocycles. The predicted octanol–water partition coefficient (Wildman–Crippen LogP) is -0.605. The summed E-state index contributed by atoms with van der Waals surface area (Å²) in [5.74, 6) is -5.90. The highest BCUT2D eigenvalue weighted by atomic mass is 16.5. The Morgan fingerprint density at radius 2 is 1.10 bits per heavy atom. The maximum Gasteiger partial charge on any atom is 0.245 e. The van der Waals surface area contributed by atoms with Crippen molar-refractivity contribution in [2.45, 2.75) is 185 Å². The van der Waals surface area contributed by atoms with Crippen LogP contribution in [0, 0.1) is 29.1 Å². The van der Waals surface area contributed by atoms with Crippen molar-refractivity contribution < 1.29 is 52.7 Å². The van der Waals surface area contributed by atoms with Crippen LogP contribution in [-0.4, -0.2) is 150 Å². The lowest BCUT2D eigenvalue weighted by molar-refractivity contribution is -0.143. The Kier molecular flexibility index (Phi) is 25.9. The number of ether oxygens (including phenoxy) is 1. The number of hydrogen-bond donors (Lipinski definition) is 13. The van der Waals surface area contributed by atoms with Crippen LogP contribution >= 0.6 is 0 Å². The monoisotopic (exact) mass is 1240 g/mol. The molecule has 7 rings (SSSR count). The molecule has 5 aliphatic rings. The van der Waals surface area contributed by atoms with Crippen molar-refractivity contribution in [3.8, 4) is 5.75 Å². The molecule has 89 heavy (non-hydrogen) atoms. The number of guanidine groups is 2. The van der Waals surface area contributed by atoms with E-state index >= 15 is 0 Å². The smallest absolute Gasteiger partial charge is 0.245 e. The van der Waals surface area contributed by atoms with Crippen LogP contribution in [0.3, 0.4) is 0 Å². The Morgan fingerprint density at radius 3 is 1.64 bits per heavy atom. The number of amides is 10. The normalized spacial score (nSPS) is 21.2. The number of carbonyl (C=O) groups is 10. The minimum atomic E-state index is -1.66. The first kappa shape index (κ1) is 69.6. The summed E-state index contributed by atoms with van der Waals surface area (Å²) in [7, 11) is 0. The highest BCUT2D eigenvalue weighted by Crippen LogP contribution is 2.61. The molecule has 2 aromatic carbocycles. The molecule has 8 unspecified atom stereocenters. The number of likely N-dealkylation sites (tertiary alicyclic amines) is 1. The molecule has 1 heterocycles. The maximum atomic E-state index is 14.7. The Bertz CT molecular complexity index is 2830. The second kappa shape index (κ2) is 33.2. The lowest BCUT2D eigenvalue weighted by Gasteiger charge is -2.56. The molecule has 0 radical (unpaired) electrons. The Labute approximate surface area is 520 Å². The summed E-state index contributed by atoms with van der Waals surface area (Å²) in [6, 6.07) is 5.98. The zero-order chi connectivity index (χ0) is 65.0. The molecule has 488 valence electrons. The van der Waals surface area contributed by atoms with E-state index in [1.807, 2.05) is 19.1 Å². The molecular weight excluding hydrogens is 1140 g/mol. The van der Waals surface area contributed by atoms with Gasteiger partial charge in [0.25, 0.3) is 0 Å². The SMILES string of the molecule is CCOc1ccc(CC(NC(=O)CC23CC4CC(CC(C4)C2)C3)C(=O)NC(Cc2ccccc2)C(=O)NC(C(=O)NC(CC(N)=O)C(=O)NC(CC)C(=O)N2CCCC2C(=O)NC(CCCN=C(N)N)C(=O)NC(CCCN=C(N)N)C(N)=O)C(C)C)cc1. The predicted molar refractivity (Wildman–Crippen MR) is 333 cm³/mol. The van der Waals surface area contributed by atoms with Crippen molar-refractivity contribution in [1.82, 2.24) is 42.1 Å². The van der Waals surface area contributed by atoms with E-state index in [4.69, 9.17) is 39.1 Å². The third-order valence-electron chi connectivity index (χ3n) is 17.3. The summed E-state index contributed by atoms with van der Waals surface area (Å²) >= 11 is 0. The van der Waals surface area contributed by atoms with E-state index in [-0.39, 0.29) is 94.2 Å². The number of hydrogen-bond acceptors (Lipinski definition) is 13. The Hall–Kier alpha value is -8.52. The van der Waals surface area contributed by atoms with Crippen LogP contribution in [0.2, 0.25) is 0 Å². The van der Waals surface area contributed by atoms with Crippen LogP contribution in [0.25, 0.3) is 0 Å². The summed E-state index contributed by atoms with van der Waals surface area (Å²) < 4.78 is 5.65. The first-order valence-electron chi connectivity index (χ1n) is 31.2. The van der Waals surface area contributed by atoms with Gasteiger partial charge in [0, 0.05) is 38.9 Å². The highest BCUT2D eigenvalue weighted by molar-refractivity contribution is 5.99. The zero-order valence-electron chi connectivity index (χ0n) is 51.8. The number of nitrogens with one attached hydrogen (secondary N) is 7. The number of aliphatic imine (C=N–C) groups is 2. The molecule has 27 nitrogen and oxygen atoms in total. The van der Waals surface area contributed by atoms with Gasteiger partial charge in [-0.15, -0.1) is 0 Å². The summed E-state index contributed by atoms with van der Waals surface area (Å²) in [6.45, 7) is 7.58. The maximum absolute atomic E-state index is 14.7. The van der Waals surface area contributed by atoms with Crippen LogP contribution in [0.5, 0.6) is 5.75 Å². The van der Waals surface area contributed by atoms with Crippen molar-refractivity contribution in [3.05, 3.63) is 65.7 Å². The largest absolute Gasteiger partial charge is 0.494 e.